The van der Waals surface area contributed by atoms with Crippen LogP contribution in [0.15, 0.2) is 40.5 Å². The standard InChI is InChI=1S/C19H22N2O3S/c22-17(15-5-10-24-13-15)21-8-3-14(4-9-21)12-20-18(23)19(6-7-19)16-2-1-11-25-16/h1-2,5,10-11,13-14H,3-4,6-9,12H2,(H,20,23). The summed E-state index contributed by atoms with van der Waals surface area (Å²) in [6.45, 7) is 2.18. The highest BCUT2D eigenvalue weighted by Gasteiger charge is 2.52. The monoisotopic (exact) mass is 358 g/mol. The van der Waals surface area contributed by atoms with E-state index >= 15 is 0 Å². The minimum Gasteiger partial charge on any atom is -0.472 e. The summed E-state index contributed by atoms with van der Waals surface area (Å²) in [5, 5.41) is 5.20. The number of carbonyl (C=O) groups is 2. The summed E-state index contributed by atoms with van der Waals surface area (Å²) in [5.41, 5.74) is 0.352. The van der Waals surface area contributed by atoms with E-state index in [1.54, 1.807) is 17.4 Å². The number of thiophene rings is 1. The van der Waals surface area contributed by atoms with Gasteiger partial charge in [0, 0.05) is 24.5 Å². The summed E-state index contributed by atoms with van der Waals surface area (Å²) in [4.78, 5) is 28.0. The third-order valence-electron chi connectivity index (χ3n) is 5.40. The smallest absolute Gasteiger partial charge is 0.257 e. The fourth-order valence-corrected chi connectivity index (χ4v) is 4.56. The Bertz CT molecular complexity index is 727. The molecule has 2 amide bonds. The van der Waals surface area contributed by atoms with Crippen molar-refractivity contribution >= 4 is 23.2 Å². The Morgan fingerprint density at radius 3 is 2.68 bits per heavy atom. The van der Waals surface area contributed by atoms with Crippen molar-refractivity contribution in [3.8, 4) is 0 Å². The van der Waals surface area contributed by atoms with Gasteiger partial charge < -0.3 is 14.6 Å². The number of piperidine rings is 1. The van der Waals surface area contributed by atoms with E-state index in [2.05, 4.69) is 11.4 Å². The Kier molecular flexibility index (Phi) is 4.37. The van der Waals surface area contributed by atoms with Crippen molar-refractivity contribution in [2.75, 3.05) is 19.6 Å². The van der Waals surface area contributed by atoms with E-state index in [0.29, 0.717) is 18.0 Å². The van der Waals surface area contributed by atoms with Gasteiger partial charge in [-0.3, -0.25) is 9.59 Å². The fraction of sp³-hybridized carbons (Fsp3) is 0.474. The van der Waals surface area contributed by atoms with Crippen molar-refractivity contribution < 1.29 is 14.0 Å². The number of nitrogens with zero attached hydrogens (tertiary/aromatic N) is 1. The van der Waals surface area contributed by atoms with E-state index in [-0.39, 0.29) is 17.2 Å². The van der Waals surface area contributed by atoms with Crippen LogP contribution >= 0.6 is 11.3 Å². The Morgan fingerprint density at radius 2 is 2.08 bits per heavy atom. The molecule has 2 aliphatic rings. The summed E-state index contributed by atoms with van der Waals surface area (Å²) in [7, 11) is 0. The van der Waals surface area contributed by atoms with Gasteiger partial charge in [-0.2, -0.15) is 0 Å². The van der Waals surface area contributed by atoms with Gasteiger partial charge in [0.2, 0.25) is 5.91 Å². The molecule has 0 radical (unpaired) electrons. The maximum absolute atomic E-state index is 12.6. The van der Waals surface area contributed by atoms with E-state index in [1.165, 1.54) is 17.4 Å². The zero-order chi connectivity index (χ0) is 17.3. The molecule has 4 rings (SSSR count). The molecule has 1 aliphatic carbocycles. The molecule has 1 aliphatic heterocycles. The van der Waals surface area contributed by atoms with Crippen molar-refractivity contribution in [1.82, 2.24) is 10.2 Å². The lowest BCUT2D eigenvalue weighted by atomic mass is 9.95. The van der Waals surface area contributed by atoms with Gasteiger partial charge in [-0.15, -0.1) is 11.3 Å². The van der Waals surface area contributed by atoms with Crippen LogP contribution in [0.3, 0.4) is 0 Å². The molecule has 25 heavy (non-hydrogen) atoms. The second-order valence-corrected chi connectivity index (χ2v) is 7.96. The van der Waals surface area contributed by atoms with Crippen LogP contribution in [0.2, 0.25) is 0 Å². The average molecular weight is 358 g/mol. The predicted octanol–water partition coefficient (Wildman–Crippen LogP) is 3.04. The molecule has 0 spiro atoms. The van der Waals surface area contributed by atoms with Crippen LogP contribution in [-0.4, -0.2) is 36.3 Å². The quantitative estimate of drug-likeness (QED) is 0.894. The molecular formula is C19H22N2O3S. The Hall–Kier alpha value is -2.08. The fourth-order valence-electron chi connectivity index (χ4n) is 3.58. The number of likely N-dealkylation sites (tertiary alicyclic amines) is 1. The molecule has 1 saturated carbocycles. The van der Waals surface area contributed by atoms with Gasteiger partial charge in [0.05, 0.1) is 17.2 Å². The predicted molar refractivity (Wildman–Crippen MR) is 95.6 cm³/mol. The molecule has 2 aromatic heterocycles. The number of hydrogen-bond donors (Lipinski definition) is 1. The minimum absolute atomic E-state index is 0.0332. The normalized spacial score (nSPS) is 19.6. The van der Waals surface area contributed by atoms with E-state index in [4.69, 9.17) is 4.42 Å². The highest BCUT2D eigenvalue weighted by molar-refractivity contribution is 7.10. The Balaban J connectivity index is 1.26. The summed E-state index contributed by atoms with van der Waals surface area (Å²) >= 11 is 1.67. The summed E-state index contributed by atoms with van der Waals surface area (Å²) in [6.07, 6.45) is 6.78. The first-order valence-electron chi connectivity index (χ1n) is 8.83. The van der Waals surface area contributed by atoms with Crippen LogP contribution in [0.1, 0.15) is 40.9 Å². The van der Waals surface area contributed by atoms with Crippen LogP contribution in [0.5, 0.6) is 0 Å². The number of furan rings is 1. The van der Waals surface area contributed by atoms with E-state index in [0.717, 1.165) is 38.8 Å². The SMILES string of the molecule is O=C(c1ccoc1)N1CCC(CNC(=O)C2(c3cccs3)CC2)CC1. The molecule has 6 heteroatoms. The minimum atomic E-state index is -0.258. The molecule has 3 heterocycles. The second-order valence-electron chi connectivity index (χ2n) is 7.02. The van der Waals surface area contributed by atoms with Crippen molar-refractivity contribution in [3.05, 3.63) is 46.5 Å². The second kappa shape index (κ2) is 6.67. The lowest BCUT2D eigenvalue weighted by Crippen LogP contribution is -2.43. The highest BCUT2D eigenvalue weighted by atomic mass is 32.1. The first-order valence-corrected chi connectivity index (χ1v) is 9.71. The van der Waals surface area contributed by atoms with E-state index in [1.807, 2.05) is 16.3 Å². The van der Waals surface area contributed by atoms with E-state index in [9.17, 15) is 9.59 Å². The first kappa shape index (κ1) is 16.4. The molecular weight excluding hydrogens is 336 g/mol. The zero-order valence-electron chi connectivity index (χ0n) is 14.1. The first-order chi connectivity index (χ1) is 12.2. The molecule has 2 aromatic rings. The average Bonchev–Trinajstić information content (AvgIpc) is 3.08. The third kappa shape index (κ3) is 3.23. The molecule has 0 atom stereocenters. The molecule has 132 valence electrons. The number of amides is 2. The van der Waals surface area contributed by atoms with Gasteiger partial charge in [-0.1, -0.05) is 6.07 Å². The van der Waals surface area contributed by atoms with Gasteiger partial charge >= 0.3 is 0 Å². The van der Waals surface area contributed by atoms with Crippen molar-refractivity contribution in [2.45, 2.75) is 31.1 Å². The Labute approximate surface area is 151 Å². The topological polar surface area (TPSA) is 62.6 Å². The molecule has 1 N–H and O–H groups in total. The van der Waals surface area contributed by atoms with Gasteiger partial charge in [-0.25, -0.2) is 0 Å². The molecule has 2 fully saturated rings. The van der Waals surface area contributed by atoms with Crippen LogP contribution < -0.4 is 5.32 Å². The van der Waals surface area contributed by atoms with E-state index < -0.39 is 0 Å². The van der Waals surface area contributed by atoms with Crippen molar-refractivity contribution in [3.63, 3.8) is 0 Å². The summed E-state index contributed by atoms with van der Waals surface area (Å²) in [6, 6.07) is 5.78. The van der Waals surface area contributed by atoms with Crippen LogP contribution in [0, 0.1) is 5.92 Å². The molecule has 0 unspecified atom stereocenters. The maximum Gasteiger partial charge on any atom is 0.257 e. The number of hydrogen-bond acceptors (Lipinski definition) is 4. The van der Waals surface area contributed by atoms with Gasteiger partial charge in [-0.05, 0) is 49.1 Å². The molecule has 1 saturated heterocycles. The molecule has 0 bridgehead atoms. The maximum atomic E-state index is 12.6. The summed E-state index contributed by atoms with van der Waals surface area (Å²) in [5.74, 6) is 0.647. The van der Waals surface area contributed by atoms with Crippen molar-refractivity contribution in [2.24, 2.45) is 5.92 Å². The number of rotatable bonds is 5. The van der Waals surface area contributed by atoms with Gasteiger partial charge in [0.25, 0.3) is 5.91 Å². The zero-order valence-corrected chi connectivity index (χ0v) is 14.9. The van der Waals surface area contributed by atoms with Crippen LogP contribution in [-0.2, 0) is 10.2 Å². The number of nitrogens with one attached hydrogen (secondary N) is 1. The largest absolute Gasteiger partial charge is 0.472 e. The van der Waals surface area contributed by atoms with Gasteiger partial charge in [0.15, 0.2) is 0 Å². The number of carbonyl (C=O) groups excluding carboxylic acids is 2. The van der Waals surface area contributed by atoms with Crippen LogP contribution in [0.4, 0.5) is 0 Å². The lowest BCUT2D eigenvalue weighted by molar-refractivity contribution is -0.123. The highest BCUT2D eigenvalue weighted by Crippen LogP contribution is 2.50. The van der Waals surface area contributed by atoms with Crippen molar-refractivity contribution in [1.29, 1.82) is 0 Å². The lowest BCUT2D eigenvalue weighted by Gasteiger charge is -2.32. The van der Waals surface area contributed by atoms with Gasteiger partial charge in [0.1, 0.15) is 6.26 Å². The summed E-state index contributed by atoms with van der Waals surface area (Å²) < 4.78 is 4.99. The molecule has 5 nitrogen and oxygen atoms in total. The van der Waals surface area contributed by atoms with Crippen LogP contribution in [0.25, 0.3) is 0 Å². The Morgan fingerprint density at radius 1 is 1.28 bits per heavy atom. The third-order valence-corrected chi connectivity index (χ3v) is 6.47. The molecule has 0 aromatic carbocycles.